The van der Waals surface area contributed by atoms with Crippen molar-refractivity contribution in [2.75, 3.05) is 13.2 Å². The van der Waals surface area contributed by atoms with Gasteiger partial charge in [0.05, 0.1) is 18.8 Å². The lowest BCUT2D eigenvalue weighted by Gasteiger charge is -2.23. The summed E-state index contributed by atoms with van der Waals surface area (Å²) in [6.45, 7) is -0.850. The summed E-state index contributed by atoms with van der Waals surface area (Å²) in [7, 11) is -16.0. The van der Waals surface area contributed by atoms with Gasteiger partial charge >= 0.3 is 29.1 Å². The van der Waals surface area contributed by atoms with Crippen molar-refractivity contribution in [3.63, 3.8) is 0 Å². The van der Waals surface area contributed by atoms with Gasteiger partial charge in [-0.15, -0.1) is 24.7 Å². The third-order valence-electron chi connectivity index (χ3n) is 5.46. The van der Waals surface area contributed by atoms with Gasteiger partial charge in [-0.1, -0.05) is 11.8 Å². The van der Waals surface area contributed by atoms with Crippen LogP contribution in [0.2, 0.25) is 0 Å². The second kappa shape index (κ2) is 16.5. The largest absolute Gasteiger partial charge is 0.489 e. The van der Waals surface area contributed by atoms with E-state index in [1.54, 1.807) is 0 Å². The van der Waals surface area contributed by atoms with E-state index in [1.807, 2.05) is 0 Å². The summed E-state index contributed by atoms with van der Waals surface area (Å²) < 4.78 is 56.1. The number of aromatic nitrogens is 2. The molecule has 19 heteroatoms. The number of unbranched alkanes of at least 4 members (excludes halogenated alkanes) is 5. The predicted molar refractivity (Wildman–Crippen MR) is 148 cm³/mol. The first-order valence-corrected chi connectivity index (χ1v) is 17.1. The van der Waals surface area contributed by atoms with Gasteiger partial charge in [-0.05, 0) is 25.7 Å². The molecule has 6 N–H and O–H groups in total. The molecule has 0 amide bonds. The second-order valence-corrected chi connectivity index (χ2v) is 13.6. The molecule has 1 saturated heterocycles. The molecule has 5 atom stereocenters. The summed E-state index contributed by atoms with van der Waals surface area (Å²) in [5.41, 5.74) is -1.58. The van der Waals surface area contributed by atoms with Crippen molar-refractivity contribution in [2.45, 2.75) is 69.8 Å². The van der Waals surface area contributed by atoms with Crippen LogP contribution in [0.25, 0.3) is 0 Å². The fraction of sp³-hybridized carbons (Fsp3) is 0.565. The number of ether oxygens (including phenoxy) is 1. The summed E-state index contributed by atoms with van der Waals surface area (Å²) in [6.07, 6.45) is 11.4. The molecule has 16 nitrogen and oxygen atoms in total. The summed E-state index contributed by atoms with van der Waals surface area (Å²) in [5.74, 6) is 10.4. The van der Waals surface area contributed by atoms with E-state index in [9.17, 15) is 33.3 Å². The summed E-state index contributed by atoms with van der Waals surface area (Å²) >= 11 is 0. The van der Waals surface area contributed by atoms with Gasteiger partial charge in [0, 0.05) is 38.4 Å². The quantitative estimate of drug-likeness (QED) is 0.0844. The zero-order valence-corrected chi connectivity index (χ0v) is 25.0. The van der Waals surface area contributed by atoms with Gasteiger partial charge in [-0.2, -0.15) is 8.62 Å². The minimum Gasteiger partial charge on any atom is -0.390 e. The van der Waals surface area contributed by atoms with Crippen LogP contribution < -0.4 is 16.3 Å². The highest BCUT2D eigenvalue weighted by Gasteiger charge is 2.43. The molecule has 1 aliphatic heterocycles. The molecule has 42 heavy (non-hydrogen) atoms. The highest BCUT2D eigenvalue weighted by molar-refractivity contribution is 7.67. The molecule has 0 saturated carbocycles. The Hall–Kier alpha value is -2.31. The Kier molecular flexibility index (Phi) is 14.1. The molecule has 0 radical (unpaired) electrons. The number of aliphatic hydroxyl groups is 1. The Bertz CT molecular complexity index is 1480. The number of rotatable bonds is 16. The van der Waals surface area contributed by atoms with Crippen LogP contribution in [0.1, 0.15) is 63.2 Å². The van der Waals surface area contributed by atoms with E-state index in [4.69, 9.17) is 31.9 Å². The molecule has 1 aromatic heterocycles. The van der Waals surface area contributed by atoms with Crippen molar-refractivity contribution < 1.29 is 51.4 Å². The standard InChI is InChI=1S/C23H32N3O13P3/c1-3-5-7-9-10-11-13-18-17-26(23(29)25-22(18)28)21-15-19(27)20(37-21)16-24-40(30,36-14-12-8-6-4-2)38-42(34,35)39-41(31,32)33/h1-2,17,19-21,27H,5-10,12,14-16H2,(H,24,30)(H,34,35)(H,25,28,29)(H2,31,32,33)/t19?,20-,21-,40?/m1/s1. The number of H-pyrrole nitrogens is 1. The molecule has 3 unspecified atom stereocenters. The SMILES string of the molecule is C#CCCCCC#Cc1cn([C@H]2CC(O)[C@@H](CNP(=O)(OCCCCC#C)OP(=O)(O)OP(=O)(O)O)O2)c(=O)[nH]c1=O. The number of hydrogen-bond acceptors (Lipinski definition) is 10. The minimum absolute atomic E-state index is 0.0221. The van der Waals surface area contributed by atoms with E-state index in [0.29, 0.717) is 25.7 Å². The number of hydrogen-bond donors (Lipinski definition) is 6. The first-order valence-electron chi connectivity index (χ1n) is 12.5. The summed E-state index contributed by atoms with van der Waals surface area (Å²) in [6, 6.07) is 0. The summed E-state index contributed by atoms with van der Waals surface area (Å²) in [4.78, 5) is 54.1. The lowest BCUT2D eigenvalue weighted by atomic mass is 10.2. The third-order valence-corrected chi connectivity index (χ3v) is 9.92. The van der Waals surface area contributed by atoms with Crippen LogP contribution in [0, 0.1) is 36.5 Å². The maximum absolute atomic E-state index is 13.2. The maximum atomic E-state index is 13.2. The van der Waals surface area contributed by atoms with Gasteiger partial charge in [0.15, 0.2) is 0 Å². The van der Waals surface area contributed by atoms with Gasteiger partial charge in [0.1, 0.15) is 11.8 Å². The zero-order chi connectivity index (χ0) is 31.4. The molecule has 1 aromatic rings. The molecule has 0 aromatic carbocycles. The molecular formula is C23H32N3O13P3. The molecule has 232 valence electrons. The first kappa shape index (κ1) is 35.9. The average Bonchev–Trinajstić information content (AvgIpc) is 3.24. The van der Waals surface area contributed by atoms with Crippen LogP contribution in [0.3, 0.4) is 0 Å². The normalized spacial score (nSPS) is 21.3. The number of aliphatic hydroxyl groups excluding tert-OH is 1. The highest BCUT2D eigenvalue weighted by atomic mass is 31.3. The van der Waals surface area contributed by atoms with E-state index in [2.05, 4.69) is 42.4 Å². The lowest BCUT2D eigenvalue weighted by molar-refractivity contribution is -0.0177. The highest BCUT2D eigenvalue weighted by Crippen LogP contribution is 2.66. The van der Waals surface area contributed by atoms with Gasteiger partial charge in [-0.3, -0.25) is 18.9 Å². The molecule has 2 heterocycles. The predicted octanol–water partition coefficient (Wildman–Crippen LogP) is 1.47. The number of terminal acetylenes is 2. The fourth-order valence-corrected chi connectivity index (χ4v) is 7.39. The van der Waals surface area contributed by atoms with Crippen LogP contribution in [-0.4, -0.2) is 54.7 Å². The van der Waals surface area contributed by atoms with Crippen molar-refractivity contribution >= 4 is 23.4 Å². The zero-order valence-electron chi connectivity index (χ0n) is 22.3. The Morgan fingerprint density at radius 3 is 2.33 bits per heavy atom. The molecule has 0 aliphatic carbocycles. The van der Waals surface area contributed by atoms with Gasteiger partial charge in [0.25, 0.3) is 5.56 Å². The van der Waals surface area contributed by atoms with E-state index in [-0.39, 0.29) is 25.0 Å². The van der Waals surface area contributed by atoms with E-state index in [0.717, 1.165) is 17.4 Å². The van der Waals surface area contributed by atoms with Crippen LogP contribution in [0.5, 0.6) is 0 Å². The Morgan fingerprint density at radius 2 is 1.69 bits per heavy atom. The van der Waals surface area contributed by atoms with Gasteiger partial charge in [0.2, 0.25) is 0 Å². The van der Waals surface area contributed by atoms with E-state index < -0.39 is 59.6 Å². The van der Waals surface area contributed by atoms with Crippen LogP contribution in [0.4, 0.5) is 0 Å². The molecule has 1 aliphatic rings. The summed E-state index contributed by atoms with van der Waals surface area (Å²) in [5, 5.41) is 12.7. The van der Waals surface area contributed by atoms with E-state index >= 15 is 0 Å². The monoisotopic (exact) mass is 651 g/mol. The average molecular weight is 651 g/mol. The molecule has 0 spiro atoms. The number of nitrogens with zero attached hydrogens (tertiary/aromatic N) is 1. The minimum atomic E-state index is -5.62. The lowest BCUT2D eigenvalue weighted by Crippen LogP contribution is -2.35. The number of nitrogens with one attached hydrogen (secondary N) is 2. The Morgan fingerprint density at radius 1 is 1.05 bits per heavy atom. The molecular weight excluding hydrogens is 619 g/mol. The third kappa shape index (κ3) is 12.5. The Labute approximate surface area is 241 Å². The second-order valence-electron chi connectivity index (χ2n) is 8.83. The molecule has 1 fully saturated rings. The maximum Gasteiger partial charge on any atom is 0.489 e. The first-order chi connectivity index (χ1) is 19.7. The van der Waals surface area contributed by atoms with Crippen molar-refractivity contribution in [2.24, 2.45) is 0 Å². The van der Waals surface area contributed by atoms with Crippen LogP contribution >= 0.6 is 23.4 Å². The van der Waals surface area contributed by atoms with Crippen molar-refractivity contribution in [3.05, 3.63) is 32.6 Å². The van der Waals surface area contributed by atoms with Crippen LogP contribution in [-0.2, 0) is 31.6 Å². The van der Waals surface area contributed by atoms with Crippen molar-refractivity contribution in [3.8, 4) is 36.5 Å². The van der Waals surface area contributed by atoms with Crippen molar-refractivity contribution in [1.29, 1.82) is 0 Å². The molecule has 2 rings (SSSR count). The van der Waals surface area contributed by atoms with Crippen LogP contribution in [0.15, 0.2) is 15.8 Å². The van der Waals surface area contributed by atoms with E-state index in [1.165, 1.54) is 6.20 Å². The van der Waals surface area contributed by atoms with Crippen molar-refractivity contribution in [1.82, 2.24) is 14.6 Å². The van der Waals surface area contributed by atoms with Gasteiger partial charge in [-0.25, -0.2) is 23.6 Å². The molecule has 0 bridgehead atoms. The smallest absolute Gasteiger partial charge is 0.390 e. The topological polar surface area (TPSA) is 236 Å². The number of phosphoric acid groups is 2. The number of aromatic amines is 1. The fourth-order valence-electron chi connectivity index (χ4n) is 3.56. The Balaban J connectivity index is 2.14. The van der Waals surface area contributed by atoms with Gasteiger partial charge < -0.3 is 24.5 Å².